The summed E-state index contributed by atoms with van der Waals surface area (Å²) in [7, 11) is 0. The van der Waals surface area contributed by atoms with Crippen LogP contribution in [0.15, 0.2) is 0 Å². The normalized spacial score (nSPS) is 11.9. The Hall–Kier alpha value is -2.72. The third kappa shape index (κ3) is 9.77. The van der Waals surface area contributed by atoms with E-state index < -0.39 is 35.7 Å². The molecular formula is C12H24N6O5. The molecule has 11 nitrogen and oxygen atoms in total. The number of hydrogen-bond donors (Lipinski definition) is 6. The highest BCUT2D eigenvalue weighted by molar-refractivity contribution is 5.87. The van der Waals surface area contributed by atoms with E-state index in [1.54, 1.807) is 34.6 Å². The van der Waals surface area contributed by atoms with Crippen LogP contribution < -0.4 is 32.8 Å². The van der Waals surface area contributed by atoms with Crippen molar-refractivity contribution in [3.63, 3.8) is 0 Å². The number of carbonyl (C=O) groups excluding carboxylic acids is 4. The lowest BCUT2D eigenvalue weighted by Crippen LogP contribution is -2.58. The van der Waals surface area contributed by atoms with Crippen LogP contribution in [0.4, 0.5) is 14.4 Å². The first kappa shape index (κ1) is 20.3. The predicted octanol–water partition coefficient (Wildman–Crippen LogP) is -0.551. The molecule has 0 fully saturated rings. The van der Waals surface area contributed by atoms with Crippen molar-refractivity contribution in [2.75, 3.05) is 0 Å². The molecule has 0 rings (SSSR count). The number of hydrazine groups is 2. The molecule has 6 amide bonds. The lowest BCUT2D eigenvalue weighted by Gasteiger charge is -2.20. The van der Waals surface area contributed by atoms with Gasteiger partial charge in [-0.1, -0.05) is 13.8 Å². The van der Waals surface area contributed by atoms with Gasteiger partial charge in [0.05, 0.1) is 0 Å². The summed E-state index contributed by atoms with van der Waals surface area (Å²) in [5.41, 5.74) is 12.3. The highest BCUT2D eigenvalue weighted by Crippen LogP contribution is 2.05. The molecule has 11 heteroatoms. The zero-order valence-corrected chi connectivity index (χ0v) is 13.8. The van der Waals surface area contributed by atoms with Crippen molar-refractivity contribution in [1.82, 2.24) is 27.0 Å². The highest BCUT2D eigenvalue weighted by atomic mass is 16.6. The number of ether oxygens (including phenoxy) is 1. The molecule has 0 aliphatic heterocycles. The van der Waals surface area contributed by atoms with Gasteiger partial charge in [-0.05, 0) is 26.7 Å². The predicted molar refractivity (Wildman–Crippen MR) is 80.5 cm³/mol. The van der Waals surface area contributed by atoms with Crippen molar-refractivity contribution in [3.05, 3.63) is 0 Å². The molecule has 0 saturated carbocycles. The molecule has 23 heavy (non-hydrogen) atoms. The van der Waals surface area contributed by atoms with Crippen LogP contribution in [0, 0.1) is 5.92 Å². The van der Waals surface area contributed by atoms with Crippen LogP contribution in [0.2, 0.25) is 0 Å². The largest absolute Gasteiger partial charge is 0.443 e. The van der Waals surface area contributed by atoms with Gasteiger partial charge in [-0.3, -0.25) is 4.79 Å². The Morgan fingerprint density at radius 2 is 1.39 bits per heavy atom. The van der Waals surface area contributed by atoms with Crippen molar-refractivity contribution < 1.29 is 23.9 Å². The Kier molecular flexibility index (Phi) is 7.63. The average molecular weight is 332 g/mol. The molecule has 0 bridgehead atoms. The number of carbonyl (C=O) groups is 4. The molecule has 0 spiro atoms. The summed E-state index contributed by atoms with van der Waals surface area (Å²) < 4.78 is 4.88. The fourth-order valence-corrected chi connectivity index (χ4v) is 1.30. The number of urea groups is 2. The van der Waals surface area contributed by atoms with Crippen LogP contribution in [0.1, 0.15) is 34.6 Å². The van der Waals surface area contributed by atoms with Crippen LogP contribution in [-0.4, -0.2) is 35.7 Å². The SMILES string of the molecule is CC(C)[C@H](NC(=O)NNC(=O)NNC(=O)OC(C)(C)C)C(N)=O. The van der Waals surface area contributed by atoms with Gasteiger partial charge >= 0.3 is 18.2 Å². The molecule has 0 aromatic heterocycles. The van der Waals surface area contributed by atoms with E-state index in [0.717, 1.165) is 0 Å². The van der Waals surface area contributed by atoms with Gasteiger partial charge in [-0.2, -0.15) is 0 Å². The first-order chi connectivity index (χ1) is 10.4. The third-order valence-corrected chi connectivity index (χ3v) is 2.23. The van der Waals surface area contributed by atoms with Crippen LogP contribution in [0.3, 0.4) is 0 Å². The topological polar surface area (TPSA) is 164 Å². The zero-order chi connectivity index (χ0) is 18.2. The monoisotopic (exact) mass is 332 g/mol. The molecule has 7 N–H and O–H groups in total. The number of hydrogen-bond acceptors (Lipinski definition) is 5. The number of amides is 6. The number of nitrogens with one attached hydrogen (secondary N) is 5. The van der Waals surface area contributed by atoms with Crippen LogP contribution >= 0.6 is 0 Å². The number of primary amides is 1. The van der Waals surface area contributed by atoms with E-state index in [2.05, 4.69) is 5.32 Å². The molecule has 1 atom stereocenters. The summed E-state index contributed by atoms with van der Waals surface area (Å²) >= 11 is 0. The lowest BCUT2D eigenvalue weighted by atomic mass is 10.0. The van der Waals surface area contributed by atoms with Gasteiger partial charge < -0.3 is 15.8 Å². The molecular weight excluding hydrogens is 308 g/mol. The summed E-state index contributed by atoms with van der Waals surface area (Å²) in [6.07, 6.45) is -0.870. The maximum absolute atomic E-state index is 11.5. The van der Waals surface area contributed by atoms with E-state index in [1.165, 1.54) is 0 Å². The molecule has 0 unspecified atom stereocenters. The molecule has 0 saturated heterocycles. The molecule has 0 aliphatic carbocycles. The van der Waals surface area contributed by atoms with E-state index in [4.69, 9.17) is 10.5 Å². The Morgan fingerprint density at radius 3 is 1.83 bits per heavy atom. The fraction of sp³-hybridized carbons (Fsp3) is 0.667. The summed E-state index contributed by atoms with van der Waals surface area (Å²) in [6.45, 7) is 8.36. The van der Waals surface area contributed by atoms with E-state index in [1.807, 2.05) is 21.7 Å². The lowest BCUT2D eigenvalue weighted by molar-refractivity contribution is -0.120. The summed E-state index contributed by atoms with van der Waals surface area (Å²) in [6, 6.07) is -2.65. The summed E-state index contributed by atoms with van der Waals surface area (Å²) in [5, 5.41) is 2.29. The molecule has 0 aromatic carbocycles. The smallest absolute Gasteiger partial charge is 0.426 e. The second-order valence-corrected chi connectivity index (χ2v) is 5.93. The first-order valence-electron chi connectivity index (χ1n) is 6.83. The average Bonchev–Trinajstić information content (AvgIpc) is 2.37. The maximum Gasteiger partial charge on any atom is 0.426 e. The Balaban J connectivity index is 4.12. The Bertz CT molecular complexity index is 459. The Morgan fingerprint density at radius 1 is 0.913 bits per heavy atom. The summed E-state index contributed by atoms with van der Waals surface area (Å²) in [4.78, 5) is 45.2. The van der Waals surface area contributed by atoms with Crippen molar-refractivity contribution in [1.29, 1.82) is 0 Å². The van der Waals surface area contributed by atoms with Crippen LogP contribution in [-0.2, 0) is 9.53 Å². The zero-order valence-electron chi connectivity index (χ0n) is 13.8. The fourth-order valence-electron chi connectivity index (χ4n) is 1.30. The molecule has 0 radical (unpaired) electrons. The van der Waals surface area contributed by atoms with Gasteiger partial charge in [-0.25, -0.2) is 36.1 Å². The van der Waals surface area contributed by atoms with Gasteiger partial charge in [0.1, 0.15) is 11.6 Å². The minimum atomic E-state index is -0.925. The van der Waals surface area contributed by atoms with E-state index in [-0.39, 0.29) is 5.92 Å². The second kappa shape index (κ2) is 8.66. The summed E-state index contributed by atoms with van der Waals surface area (Å²) in [5.74, 6) is -0.924. The minimum Gasteiger partial charge on any atom is -0.443 e. The second-order valence-electron chi connectivity index (χ2n) is 5.93. The molecule has 0 aromatic rings. The van der Waals surface area contributed by atoms with E-state index in [9.17, 15) is 19.2 Å². The minimum absolute atomic E-state index is 0.221. The van der Waals surface area contributed by atoms with Crippen molar-refractivity contribution in [2.45, 2.75) is 46.3 Å². The van der Waals surface area contributed by atoms with Crippen LogP contribution in [0.5, 0.6) is 0 Å². The molecule has 0 heterocycles. The van der Waals surface area contributed by atoms with Crippen LogP contribution in [0.25, 0.3) is 0 Å². The van der Waals surface area contributed by atoms with Gasteiger partial charge in [-0.15, -0.1) is 0 Å². The Labute approximate surface area is 134 Å². The van der Waals surface area contributed by atoms with Crippen molar-refractivity contribution >= 4 is 24.1 Å². The standard InChI is InChI=1S/C12H24N6O5/c1-6(2)7(8(13)19)14-9(20)15-16-10(21)17-18-11(22)23-12(3,4)5/h6-7H,1-5H3,(H2,13,19)(H,18,22)(H2,14,15,20)(H2,16,17,21)/t7-/m0/s1. The molecule has 132 valence electrons. The first-order valence-corrected chi connectivity index (χ1v) is 6.83. The maximum atomic E-state index is 11.5. The van der Waals surface area contributed by atoms with Gasteiger partial charge in [0.25, 0.3) is 0 Å². The van der Waals surface area contributed by atoms with Gasteiger partial charge in [0, 0.05) is 0 Å². The molecule has 0 aliphatic rings. The van der Waals surface area contributed by atoms with Crippen molar-refractivity contribution in [2.24, 2.45) is 11.7 Å². The highest BCUT2D eigenvalue weighted by Gasteiger charge is 2.21. The van der Waals surface area contributed by atoms with E-state index >= 15 is 0 Å². The van der Waals surface area contributed by atoms with E-state index in [0.29, 0.717) is 0 Å². The number of rotatable bonds is 3. The quantitative estimate of drug-likeness (QED) is 0.381. The third-order valence-electron chi connectivity index (χ3n) is 2.23. The van der Waals surface area contributed by atoms with Crippen molar-refractivity contribution in [3.8, 4) is 0 Å². The number of nitrogens with two attached hydrogens (primary N) is 1. The van der Waals surface area contributed by atoms with Gasteiger partial charge in [0.15, 0.2) is 0 Å². The van der Waals surface area contributed by atoms with Gasteiger partial charge in [0.2, 0.25) is 5.91 Å².